The first-order chi connectivity index (χ1) is 9.91. The lowest BCUT2D eigenvalue weighted by Gasteiger charge is -2.23. The van der Waals surface area contributed by atoms with Crippen molar-refractivity contribution in [3.63, 3.8) is 0 Å². The number of furan rings is 1. The highest BCUT2D eigenvalue weighted by molar-refractivity contribution is 5.87. The number of carboxylic acid groups (broad SMARTS) is 1. The zero-order valence-corrected chi connectivity index (χ0v) is 11.9. The number of aromatic carboxylic acids is 1. The Kier molecular flexibility index (Phi) is 4.12. The van der Waals surface area contributed by atoms with E-state index in [1.54, 1.807) is 6.07 Å². The molecule has 2 aromatic rings. The van der Waals surface area contributed by atoms with E-state index in [2.05, 4.69) is 5.32 Å². The van der Waals surface area contributed by atoms with Gasteiger partial charge in [-0.15, -0.1) is 0 Å². The molecule has 2 rings (SSSR count). The third kappa shape index (κ3) is 3.31. The number of nitrogens with one attached hydrogen (secondary N) is 1. The largest absolute Gasteiger partial charge is 0.475 e. The standard InChI is InChI=1S/C16H17NO4/c1-16(2,11-6-4-3-5-7-11)15(20)17-10-12-8-9-13(21-12)14(18)19/h3-9H,10H2,1-2H3,(H,17,20)(H,18,19). The van der Waals surface area contributed by atoms with Crippen molar-refractivity contribution in [2.75, 3.05) is 0 Å². The molecule has 5 nitrogen and oxygen atoms in total. The minimum atomic E-state index is -1.13. The molecule has 110 valence electrons. The minimum Gasteiger partial charge on any atom is -0.475 e. The summed E-state index contributed by atoms with van der Waals surface area (Å²) in [6, 6.07) is 12.4. The van der Waals surface area contributed by atoms with Gasteiger partial charge in [0.1, 0.15) is 5.76 Å². The fourth-order valence-electron chi connectivity index (χ4n) is 1.96. The summed E-state index contributed by atoms with van der Waals surface area (Å²) < 4.78 is 5.10. The van der Waals surface area contributed by atoms with E-state index in [0.717, 1.165) is 5.56 Å². The van der Waals surface area contributed by atoms with Gasteiger partial charge in [-0.3, -0.25) is 4.79 Å². The van der Waals surface area contributed by atoms with E-state index in [1.165, 1.54) is 6.07 Å². The first-order valence-corrected chi connectivity index (χ1v) is 6.57. The molecule has 0 atom stereocenters. The predicted molar refractivity (Wildman–Crippen MR) is 77.0 cm³/mol. The summed E-state index contributed by atoms with van der Waals surface area (Å²) in [7, 11) is 0. The molecule has 21 heavy (non-hydrogen) atoms. The first-order valence-electron chi connectivity index (χ1n) is 6.57. The van der Waals surface area contributed by atoms with Gasteiger partial charge in [0.05, 0.1) is 12.0 Å². The SMILES string of the molecule is CC(C)(C(=O)NCc1ccc(C(=O)O)o1)c1ccccc1. The monoisotopic (exact) mass is 287 g/mol. The van der Waals surface area contributed by atoms with Gasteiger partial charge in [-0.1, -0.05) is 30.3 Å². The zero-order chi connectivity index (χ0) is 15.5. The third-order valence-corrected chi connectivity index (χ3v) is 3.36. The summed E-state index contributed by atoms with van der Waals surface area (Å²) in [5, 5.41) is 11.5. The quantitative estimate of drug-likeness (QED) is 0.885. The highest BCUT2D eigenvalue weighted by Crippen LogP contribution is 2.23. The van der Waals surface area contributed by atoms with Crippen LogP contribution in [0.3, 0.4) is 0 Å². The third-order valence-electron chi connectivity index (χ3n) is 3.36. The summed E-state index contributed by atoms with van der Waals surface area (Å²) in [6.07, 6.45) is 0. The number of carbonyl (C=O) groups is 2. The predicted octanol–water partition coefficient (Wildman–Crippen LogP) is 2.57. The van der Waals surface area contributed by atoms with Gasteiger partial charge < -0.3 is 14.8 Å². The highest BCUT2D eigenvalue weighted by Gasteiger charge is 2.29. The molecule has 2 N–H and O–H groups in total. The number of benzene rings is 1. The van der Waals surface area contributed by atoms with Crippen molar-refractivity contribution in [3.8, 4) is 0 Å². The fraction of sp³-hybridized carbons (Fsp3) is 0.250. The molecule has 0 radical (unpaired) electrons. The number of amides is 1. The second-order valence-electron chi connectivity index (χ2n) is 5.24. The Bertz CT molecular complexity index is 643. The molecule has 0 aliphatic rings. The summed E-state index contributed by atoms with van der Waals surface area (Å²) >= 11 is 0. The Morgan fingerprint density at radius 2 is 1.81 bits per heavy atom. The summed E-state index contributed by atoms with van der Waals surface area (Å²) in [6.45, 7) is 3.83. The maximum Gasteiger partial charge on any atom is 0.371 e. The lowest BCUT2D eigenvalue weighted by Crippen LogP contribution is -2.39. The van der Waals surface area contributed by atoms with Crippen molar-refractivity contribution in [1.82, 2.24) is 5.32 Å². The van der Waals surface area contributed by atoms with Crippen LogP contribution < -0.4 is 5.32 Å². The average Bonchev–Trinajstić information content (AvgIpc) is 2.94. The molecule has 0 spiro atoms. The fourth-order valence-corrected chi connectivity index (χ4v) is 1.96. The highest BCUT2D eigenvalue weighted by atomic mass is 16.4. The van der Waals surface area contributed by atoms with Crippen molar-refractivity contribution in [3.05, 3.63) is 59.5 Å². The van der Waals surface area contributed by atoms with Crippen LogP contribution in [0.15, 0.2) is 46.9 Å². The smallest absolute Gasteiger partial charge is 0.371 e. The molecule has 5 heteroatoms. The molecule has 0 aliphatic carbocycles. The number of hydrogen-bond donors (Lipinski definition) is 2. The van der Waals surface area contributed by atoms with Crippen molar-refractivity contribution >= 4 is 11.9 Å². The Labute approximate surface area is 122 Å². The van der Waals surface area contributed by atoms with Gasteiger partial charge >= 0.3 is 5.97 Å². The van der Waals surface area contributed by atoms with Gasteiger partial charge in [0, 0.05) is 0 Å². The van der Waals surface area contributed by atoms with Crippen LogP contribution in [0.5, 0.6) is 0 Å². The van der Waals surface area contributed by atoms with Gasteiger partial charge in [-0.05, 0) is 31.5 Å². The number of carbonyl (C=O) groups excluding carboxylic acids is 1. The summed E-state index contributed by atoms with van der Waals surface area (Å²) in [5.74, 6) is -1.01. The first kappa shape index (κ1) is 14.8. The molecular formula is C16H17NO4. The Balaban J connectivity index is 2.02. The Morgan fingerprint density at radius 1 is 1.14 bits per heavy atom. The van der Waals surface area contributed by atoms with E-state index < -0.39 is 11.4 Å². The molecule has 1 aromatic heterocycles. The molecule has 1 amide bonds. The molecular weight excluding hydrogens is 270 g/mol. The summed E-state index contributed by atoms with van der Waals surface area (Å²) in [4.78, 5) is 23.0. The zero-order valence-electron chi connectivity index (χ0n) is 11.9. The molecule has 0 saturated heterocycles. The molecule has 0 aliphatic heterocycles. The molecule has 0 fully saturated rings. The second-order valence-corrected chi connectivity index (χ2v) is 5.24. The van der Waals surface area contributed by atoms with Gasteiger partial charge in [-0.2, -0.15) is 0 Å². The van der Waals surface area contributed by atoms with Crippen LogP contribution in [0.2, 0.25) is 0 Å². The van der Waals surface area contributed by atoms with Gasteiger partial charge in [-0.25, -0.2) is 4.79 Å². The van der Waals surface area contributed by atoms with Crippen LogP contribution in [0, 0.1) is 0 Å². The average molecular weight is 287 g/mol. The topological polar surface area (TPSA) is 79.5 Å². The Hall–Kier alpha value is -2.56. The molecule has 0 bridgehead atoms. The molecule has 1 heterocycles. The molecule has 1 aromatic carbocycles. The van der Waals surface area contributed by atoms with Crippen LogP contribution in [0.1, 0.15) is 35.7 Å². The Morgan fingerprint density at radius 3 is 2.38 bits per heavy atom. The summed E-state index contributed by atoms with van der Waals surface area (Å²) in [5.41, 5.74) is 0.233. The van der Waals surface area contributed by atoms with Crippen LogP contribution in [-0.4, -0.2) is 17.0 Å². The minimum absolute atomic E-state index is 0.137. The second kappa shape index (κ2) is 5.83. The lowest BCUT2D eigenvalue weighted by molar-refractivity contribution is -0.125. The van der Waals surface area contributed by atoms with E-state index in [1.807, 2.05) is 44.2 Å². The number of rotatable bonds is 5. The number of carboxylic acids is 1. The van der Waals surface area contributed by atoms with Gasteiger partial charge in [0.2, 0.25) is 11.7 Å². The van der Waals surface area contributed by atoms with Crippen molar-refractivity contribution in [2.45, 2.75) is 25.8 Å². The van der Waals surface area contributed by atoms with Crippen molar-refractivity contribution in [2.24, 2.45) is 0 Å². The van der Waals surface area contributed by atoms with Crippen LogP contribution in [0.25, 0.3) is 0 Å². The van der Waals surface area contributed by atoms with Crippen LogP contribution >= 0.6 is 0 Å². The maximum absolute atomic E-state index is 12.3. The molecule has 0 unspecified atom stereocenters. The van der Waals surface area contributed by atoms with Gasteiger partial charge in [0.25, 0.3) is 0 Å². The number of hydrogen-bond acceptors (Lipinski definition) is 3. The van der Waals surface area contributed by atoms with E-state index in [0.29, 0.717) is 5.76 Å². The van der Waals surface area contributed by atoms with Crippen molar-refractivity contribution < 1.29 is 19.1 Å². The normalized spacial score (nSPS) is 11.1. The maximum atomic E-state index is 12.3. The van der Waals surface area contributed by atoms with Crippen LogP contribution in [-0.2, 0) is 16.8 Å². The van der Waals surface area contributed by atoms with Crippen molar-refractivity contribution in [1.29, 1.82) is 0 Å². The van der Waals surface area contributed by atoms with Gasteiger partial charge in [0.15, 0.2) is 0 Å². The van der Waals surface area contributed by atoms with E-state index in [-0.39, 0.29) is 18.2 Å². The molecule has 0 saturated carbocycles. The lowest BCUT2D eigenvalue weighted by atomic mass is 9.84. The van der Waals surface area contributed by atoms with E-state index >= 15 is 0 Å². The van der Waals surface area contributed by atoms with E-state index in [9.17, 15) is 9.59 Å². The van der Waals surface area contributed by atoms with Crippen LogP contribution in [0.4, 0.5) is 0 Å². The van der Waals surface area contributed by atoms with E-state index in [4.69, 9.17) is 9.52 Å².